The molecule has 0 fully saturated rings. The number of aliphatic carboxylic acids is 2. The molecule has 0 heterocycles. The van der Waals surface area contributed by atoms with Crippen LogP contribution >= 0.6 is 0 Å². The summed E-state index contributed by atoms with van der Waals surface area (Å²) in [6, 6.07) is 15.9. The van der Waals surface area contributed by atoms with Gasteiger partial charge in [0.15, 0.2) is 0 Å². The maximum atomic E-state index is 14.0. The predicted molar refractivity (Wildman–Crippen MR) is 248 cm³/mol. The number of amides is 2. The van der Waals surface area contributed by atoms with Crippen molar-refractivity contribution >= 4 is 35.7 Å². The second-order valence-electron chi connectivity index (χ2n) is 11.8. The van der Waals surface area contributed by atoms with Crippen LogP contribution in [-0.2, 0) is 38.2 Å². The quantitative estimate of drug-likeness (QED) is 0.137. The summed E-state index contributed by atoms with van der Waals surface area (Å²) in [5.74, 6) is -14.3. The van der Waals surface area contributed by atoms with E-state index >= 15 is 0 Å². The van der Waals surface area contributed by atoms with E-state index in [0.29, 0.717) is 17.5 Å². The minimum atomic E-state index is -1.60. The summed E-state index contributed by atoms with van der Waals surface area (Å²) in [6.07, 6.45) is -0.0963. The lowest BCUT2D eigenvalue weighted by Crippen LogP contribution is -2.52. The molecule has 2 rings (SSSR count). The van der Waals surface area contributed by atoms with Crippen molar-refractivity contribution in [2.45, 2.75) is 148 Å². The lowest BCUT2D eigenvalue weighted by Gasteiger charge is -2.39. The molecule has 2 amide bonds. The molecule has 59 heavy (non-hydrogen) atoms. The molecule has 7 unspecified atom stereocenters. The normalized spacial score (nSPS) is 12.4. The SMILES string of the molecule is C.C.C.C.C.C.C.C.C.C.C.C.CCC(c1ccccc1)C(C(=O)NCC(=O)OC)C(CC(c1ccccc1)C(C(=O)NC(C(=O)OC)C(C)C)C(C)C(=O)[O-])C(=O)[O-]. The summed E-state index contributed by atoms with van der Waals surface area (Å²) in [7, 11) is 2.30. The summed E-state index contributed by atoms with van der Waals surface area (Å²) in [5, 5.41) is 30.5. The number of ether oxygens (including phenoxy) is 2. The van der Waals surface area contributed by atoms with Gasteiger partial charge in [-0.1, -0.05) is 177 Å². The van der Waals surface area contributed by atoms with Crippen LogP contribution in [0.1, 0.15) is 153 Å². The Morgan fingerprint density at radius 1 is 0.593 bits per heavy atom. The molecule has 0 spiro atoms. The highest BCUT2D eigenvalue weighted by molar-refractivity contribution is 5.90. The fourth-order valence-electron chi connectivity index (χ4n) is 6.02. The summed E-state index contributed by atoms with van der Waals surface area (Å²) in [5.41, 5.74) is 1.08. The molecule has 0 aliphatic heterocycles. The van der Waals surface area contributed by atoms with E-state index in [1.807, 2.05) is 0 Å². The molecule has 0 aromatic heterocycles. The zero-order valence-electron chi connectivity index (χ0n) is 27.6. The van der Waals surface area contributed by atoms with Crippen molar-refractivity contribution in [1.29, 1.82) is 0 Å². The number of hydrogen-bond donors (Lipinski definition) is 2. The molecule has 0 saturated carbocycles. The van der Waals surface area contributed by atoms with E-state index in [4.69, 9.17) is 4.74 Å². The van der Waals surface area contributed by atoms with Gasteiger partial charge < -0.3 is 39.9 Å². The summed E-state index contributed by atoms with van der Waals surface area (Å²) < 4.78 is 9.48. The molecular weight excluding hydrogens is 753 g/mol. The molecule has 12 nitrogen and oxygen atoms in total. The lowest BCUT2D eigenvalue weighted by molar-refractivity contribution is -0.314. The van der Waals surface area contributed by atoms with E-state index in [2.05, 4.69) is 15.4 Å². The minimum Gasteiger partial charge on any atom is -0.550 e. The molecular formula is C47H92N2O10-2. The second kappa shape index (κ2) is 40.1. The van der Waals surface area contributed by atoms with E-state index in [1.165, 1.54) is 6.92 Å². The van der Waals surface area contributed by atoms with Gasteiger partial charge in [-0.2, -0.15) is 0 Å². The number of methoxy groups -OCH3 is 2. The molecule has 7 atom stereocenters. The number of carbonyl (C=O) groups is 6. The Kier molecular flexibility index (Phi) is 55.8. The minimum absolute atomic E-state index is 0. The maximum Gasteiger partial charge on any atom is 0.328 e. The van der Waals surface area contributed by atoms with Crippen LogP contribution in [0.2, 0.25) is 0 Å². The molecule has 0 aliphatic rings. The molecule has 352 valence electrons. The van der Waals surface area contributed by atoms with E-state index in [0.717, 1.165) is 14.2 Å². The highest BCUT2D eigenvalue weighted by Gasteiger charge is 2.43. The van der Waals surface area contributed by atoms with Crippen molar-refractivity contribution in [3.63, 3.8) is 0 Å². The maximum absolute atomic E-state index is 14.0. The Labute approximate surface area is 363 Å². The van der Waals surface area contributed by atoms with Gasteiger partial charge in [0.25, 0.3) is 0 Å². The van der Waals surface area contributed by atoms with Crippen LogP contribution in [0.15, 0.2) is 60.7 Å². The van der Waals surface area contributed by atoms with Gasteiger partial charge in [-0.25, -0.2) is 4.79 Å². The van der Waals surface area contributed by atoms with Crippen molar-refractivity contribution in [3.05, 3.63) is 71.8 Å². The predicted octanol–water partition coefficient (Wildman–Crippen LogP) is 8.57. The topological polar surface area (TPSA) is 191 Å². The number of rotatable bonds is 18. The Morgan fingerprint density at radius 3 is 1.36 bits per heavy atom. The van der Waals surface area contributed by atoms with Crippen LogP contribution in [0.3, 0.4) is 0 Å². The number of carbonyl (C=O) groups excluding carboxylic acids is 6. The molecule has 12 heteroatoms. The van der Waals surface area contributed by atoms with E-state index in [9.17, 15) is 39.0 Å². The van der Waals surface area contributed by atoms with Crippen LogP contribution in [0, 0.1) is 29.6 Å². The zero-order valence-corrected chi connectivity index (χ0v) is 27.6. The fraction of sp³-hybridized carbons (Fsp3) is 0.617. The Morgan fingerprint density at radius 2 is 1.02 bits per heavy atom. The Balaban J connectivity index is -0.000000213. The number of nitrogens with one attached hydrogen (secondary N) is 2. The molecule has 0 saturated heterocycles. The molecule has 2 aromatic carbocycles. The van der Waals surface area contributed by atoms with Gasteiger partial charge in [-0.3, -0.25) is 14.4 Å². The monoisotopic (exact) mass is 845 g/mol. The highest BCUT2D eigenvalue weighted by Crippen LogP contribution is 2.42. The van der Waals surface area contributed by atoms with E-state index in [-0.39, 0.29) is 89.1 Å². The van der Waals surface area contributed by atoms with Gasteiger partial charge in [-0.15, -0.1) is 0 Å². The van der Waals surface area contributed by atoms with Gasteiger partial charge in [-0.05, 0) is 41.7 Å². The average molecular weight is 845 g/mol. The summed E-state index contributed by atoms with van der Waals surface area (Å²) in [4.78, 5) is 77.7. The average Bonchev–Trinajstić information content (AvgIpc) is 3.06. The third-order valence-electron chi connectivity index (χ3n) is 8.58. The van der Waals surface area contributed by atoms with Crippen LogP contribution in [-0.4, -0.2) is 62.5 Å². The third kappa shape index (κ3) is 22.8. The number of benzene rings is 2. The van der Waals surface area contributed by atoms with Crippen LogP contribution < -0.4 is 20.8 Å². The van der Waals surface area contributed by atoms with Gasteiger partial charge >= 0.3 is 11.9 Å². The third-order valence-corrected chi connectivity index (χ3v) is 8.58. The molecule has 0 aliphatic carbocycles. The van der Waals surface area contributed by atoms with Crippen LogP contribution in [0.4, 0.5) is 0 Å². The smallest absolute Gasteiger partial charge is 0.328 e. The number of esters is 2. The van der Waals surface area contributed by atoms with E-state index in [1.54, 1.807) is 81.4 Å². The highest BCUT2D eigenvalue weighted by atomic mass is 16.5. The van der Waals surface area contributed by atoms with Crippen LogP contribution in [0.5, 0.6) is 0 Å². The number of carboxylic acid groups (broad SMARTS) is 2. The second-order valence-corrected chi connectivity index (χ2v) is 11.8. The molecule has 0 radical (unpaired) electrons. The largest absolute Gasteiger partial charge is 0.550 e. The molecule has 2 aromatic rings. The van der Waals surface area contributed by atoms with Crippen molar-refractivity contribution < 1.29 is 48.5 Å². The first-order valence-electron chi connectivity index (χ1n) is 15.5. The van der Waals surface area contributed by atoms with Crippen LogP contribution in [0.25, 0.3) is 0 Å². The Bertz CT molecular complexity index is 1370. The molecule has 0 bridgehead atoms. The van der Waals surface area contributed by atoms with Gasteiger partial charge in [0.05, 0.1) is 26.1 Å². The van der Waals surface area contributed by atoms with Crippen molar-refractivity contribution in [2.75, 3.05) is 20.8 Å². The number of carboxylic acids is 2. The standard InChI is InChI=1S/C35H46N2O10.12CH4/c1-7-24(22-14-10-8-11-15-22)29(31(39)36-19-27(38)46-5)26(34(43)44)18-25(23-16-12-9-13-17-23)28(21(4)33(41)42)32(40)37-30(20(2)3)35(45)47-6;;;;;;;;;;;;/h8-17,20-21,24-26,28-30H,7,18-19H2,1-6H3,(H,36,39)(H,37,40)(H,41,42)(H,43,44);12*1H4/p-2. The van der Waals surface area contributed by atoms with Crippen molar-refractivity contribution in [3.8, 4) is 0 Å². The van der Waals surface area contributed by atoms with Crippen molar-refractivity contribution in [2.24, 2.45) is 29.6 Å². The van der Waals surface area contributed by atoms with Crippen molar-refractivity contribution in [1.82, 2.24) is 10.6 Å². The van der Waals surface area contributed by atoms with E-state index < -0.39 is 96.1 Å². The summed E-state index contributed by atoms with van der Waals surface area (Å²) in [6.45, 7) is 5.88. The van der Waals surface area contributed by atoms with Gasteiger partial charge in [0.1, 0.15) is 12.6 Å². The van der Waals surface area contributed by atoms with Gasteiger partial charge in [0.2, 0.25) is 11.8 Å². The fourth-order valence-corrected chi connectivity index (χ4v) is 6.02. The zero-order chi connectivity index (χ0) is 35.3. The Hall–Kier alpha value is -4.74. The lowest BCUT2D eigenvalue weighted by atomic mass is 9.68. The first kappa shape index (κ1) is 82.2. The first-order valence-corrected chi connectivity index (χ1v) is 15.5. The first-order chi connectivity index (χ1) is 22.3. The molecule has 2 N–H and O–H groups in total. The van der Waals surface area contributed by atoms with Gasteiger partial charge in [0, 0.05) is 23.8 Å². The summed E-state index contributed by atoms with van der Waals surface area (Å²) >= 11 is 0. The number of hydrogen-bond acceptors (Lipinski definition) is 10.